The number of aromatic nitrogens is 1. The molecule has 0 aliphatic carbocycles. The molecule has 0 saturated carbocycles. The second-order valence-electron chi connectivity index (χ2n) is 4.39. The Morgan fingerprint density at radius 2 is 2.47 bits per heavy atom. The molecule has 0 aromatic carbocycles. The lowest BCUT2D eigenvalue weighted by molar-refractivity contribution is 0.228. The zero-order valence-corrected chi connectivity index (χ0v) is 10.1. The first-order valence-corrected chi connectivity index (χ1v) is 6.00. The molecule has 90 valence electrons. The Balaban J connectivity index is 1.80. The van der Waals surface area contributed by atoms with Crippen molar-refractivity contribution in [2.45, 2.75) is 25.3 Å². The maximum absolute atomic E-state index is 8.72. The van der Waals surface area contributed by atoms with Gasteiger partial charge in [-0.05, 0) is 38.9 Å². The van der Waals surface area contributed by atoms with Crippen LogP contribution in [0.2, 0.25) is 0 Å². The fourth-order valence-corrected chi connectivity index (χ4v) is 2.20. The summed E-state index contributed by atoms with van der Waals surface area (Å²) >= 11 is 0. The minimum Gasteiger partial charge on any atom is -0.478 e. The van der Waals surface area contributed by atoms with Crippen LogP contribution in [0, 0.1) is 11.3 Å². The van der Waals surface area contributed by atoms with Crippen molar-refractivity contribution in [1.82, 2.24) is 9.88 Å². The van der Waals surface area contributed by atoms with Gasteiger partial charge in [-0.3, -0.25) is 0 Å². The normalized spacial score (nSPS) is 20.1. The largest absolute Gasteiger partial charge is 0.478 e. The third-order valence-electron chi connectivity index (χ3n) is 3.21. The Bertz CT molecular complexity index is 413. The number of hydrogen-bond acceptors (Lipinski definition) is 4. The Morgan fingerprint density at radius 1 is 1.59 bits per heavy atom. The van der Waals surface area contributed by atoms with Crippen LogP contribution in [0.4, 0.5) is 0 Å². The van der Waals surface area contributed by atoms with E-state index in [1.54, 1.807) is 18.2 Å². The molecule has 4 heteroatoms. The second-order valence-corrected chi connectivity index (χ2v) is 4.39. The highest BCUT2D eigenvalue weighted by molar-refractivity contribution is 5.24. The van der Waals surface area contributed by atoms with Crippen molar-refractivity contribution in [2.24, 2.45) is 0 Å². The van der Waals surface area contributed by atoms with Crippen molar-refractivity contribution in [2.75, 3.05) is 20.2 Å². The topological polar surface area (TPSA) is 49.1 Å². The summed E-state index contributed by atoms with van der Waals surface area (Å²) < 4.78 is 5.57. The molecule has 0 radical (unpaired) electrons. The maximum Gasteiger partial charge on any atom is 0.214 e. The molecule has 1 aliphatic rings. The number of ether oxygens (including phenoxy) is 1. The molecule has 1 saturated heterocycles. The van der Waals surface area contributed by atoms with Gasteiger partial charge >= 0.3 is 0 Å². The van der Waals surface area contributed by atoms with Crippen LogP contribution < -0.4 is 4.74 Å². The summed E-state index contributed by atoms with van der Waals surface area (Å²) in [4.78, 5) is 6.45. The number of hydrogen-bond donors (Lipinski definition) is 0. The molecule has 1 aromatic heterocycles. The van der Waals surface area contributed by atoms with Gasteiger partial charge in [0, 0.05) is 12.1 Å². The Morgan fingerprint density at radius 3 is 3.18 bits per heavy atom. The summed E-state index contributed by atoms with van der Waals surface area (Å²) in [6, 6.07) is 7.90. The fraction of sp³-hybridized carbons (Fsp3) is 0.538. The van der Waals surface area contributed by atoms with Crippen LogP contribution in [0.3, 0.4) is 0 Å². The molecular formula is C13H17N3O. The molecular weight excluding hydrogens is 214 g/mol. The standard InChI is InChI=1S/C13H17N3O/c1-16-8-3-5-12(16)7-9-17-13-6-2-4-11(10-14)15-13/h2,4,6,12H,3,5,7-9H2,1H3. The number of rotatable bonds is 4. The second kappa shape index (κ2) is 5.65. The number of nitriles is 1. The lowest BCUT2D eigenvalue weighted by atomic mass is 10.1. The van der Waals surface area contributed by atoms with Crippen LogP contribution in [-0.4, -0.2) is 36.1 Å². The lowest BCUT2D eigenvalue weighted by Crippen LogP contribution is -2.26. The summed E-state index contributed by atoms with van der Waals surface area (Å²) in [5.74, 6) is 0.546. The van der Waals surface area contributed by atoms with Gasteiger partial charge in [0.2, 0.25) is 5.88 Å². The van der Waals surface area contributed by atoms with Crippen LogP contribution >= 0.6 is 0 Å². The molecule has 1 fully saturated rings. The van der Waals surface area contributed by atoms with Crippen molar-refractivity contribution >= 4 is 0 Å². The number of likely N-dealkylation sites (tertiary alicyclic amines) is 1. The first kappa shape index (κ1) is 11.9. The molecule has 0 amide bonds. The molecule has 0 N–H and O–H groups in total. The fourth-order valence-electron chi connectivity index (χ4n) is 2.20. The molecule has 4 nitrogen and oxygen atoms in total. The Hall–Kier alpha value is -1.60. The van der Waals surface area contributed by atoms with Gasteiger partial charge in [-0.2, -0.15) is 5.26 Å². The summed E-state index contributed by atoms with van der Waals surface area (Å²) in [5, 5.41) is 8.72. The highest BCUT2D eigenvalue weighted by Gasteiger charge is 2.20. The average Bonchev–Trinajstić information content (AvgIpc) is 2.76. The van der Waals surface area contributed by atoms with Crippen LogP contribution in [-0.2, 0) is 0 Å². The van der Waals surface area contributed by atoms with Crippen molar-refractivity contribution in [1.29, 1.82) is 5.26 Å². The van der Waals surface area contributed by atoms with E-state index < -0.39 is 0 Å². The molecule has 1 atom stereocenters. The molecule has 1 aromatic rings. The third-order valence-corrected chi connectivity index (χ3v) is 3.21. The summed E-state index contributed by atoms with van der Waals surface area (Å²) in [6.45, 7) is 1.85. The van der Waals surface area contributed by atoms with E-state index in [0.29, 0.717) is 24.2 Å². The first-order valence-electron chi connectivity index (χ1n) is 6.00. The highest BCUT2D eigenvalue weighted by Crippen LogP contribution is 2.18. The van der Waals surface area contributed by atoms with Crippen LogP contribution in [0.1, 0.15) is 25.0 Å². The molecule has 1 unspecified atom stereocenters. The lowest BCUT2D eigenvalue weighted by Gasteiger charge is -2.18. The summed E-state index contributed by atoms with van der Waals surface area (Å²) in [7, 11) is 2.16. The maximum atomic E-state index is 8.72. The van der Waals surface area contributed by atoms with Gasteiger partial charge in [-0.15, -0.1) is 0 Å². The van der Waals surface area contributed by atoms with Gasteiger partial charge in [0.1, 0.15) is 11.8 Å². The Kier molecular flexibility index (Phi) is 3.94. The van der Waals surface area contributed by atoms with E-state index in [-0.39, 0.29) is 0 Å². The van der Waals surface area contributed by atoms with E-state index in [2.05, 4.69) is 16.9 Å². The monoisotopic (exact) mass is 231 g/mol. The van der Waals surface area contributed by atoms with E-state index in [9.17, 15) is 0 Å². The molecule has 2 heterocycles. The van der Waals surface area contributed by atoms with Crippen LogP contribution in [0.15, 0.2) is 18.2 Å². The van der Waals surface area contributed by atoms with E-state index in [4.69, 9.17) is 10.00 Å². The van der Waals surface area contributed by atoms with Crippen molar-refractivity contribution in [3.05, 3.63) is 23.9 Å². The number of pyridine rings is 1. The van der Waals surface area contributed by atoms with E-state index >= 15 is 0 Å². The van der Waals surface area contributed by atoms with E-state index in [0.717, 1.165) is 6.42 Å². The van der Waals surface area contributed by atoms with Crippen LogP contribution in [0.5, 0.6) is 5.88 Å². The van der Waals surface area contributed by atoms with Crippen molar-refractivity contribution in [3.63, 3.8) is 0 Å². The zero-order valence-electron chi connectivity index (χ0n) is 10.1. The minimum absolute atomic E-state index is 0.403. The third kappa shape index (κ3) is 3.18. The average molecular weight is 231 g/mol. The molecule has 0 spiro atoms. The SMILES string of the molecule is CN1CCCC1CCOc1cccc(C#N)n1. The van der Waals surface area contributed by atoms with Crippen molar-refractivity contribution < 1.29 is 4.74 Å². The zero-order chi connectivity index (χ0) is 12.1. The number of nitrogens with zero attached hydrogens (tertiary/aromatic N) is 3. The van der Waals surface area contributed by atoms with Crippen LogP contribution in [0.25, 0.3) is 0 Å². The predicted molar refractivity (Wildman–Crippen MR) is 64.7 cm³/mol. The van der Waals surface area contributed by atoms with E-state index in [1.165, 1.54) is 19.4 Å². The molecule has 0 bridgehead atoms. The van der Waals surface area contributed by atoms with Gasteiger partial charge in [0.25, 0.3) is 0 Å². The van der Waals surface area contributed by atoms with Gasteiger partial charge in [0.15, 0.2) is 0 Å². The molecule has 17 heavy (non-hydrogen) atoms. The Labute approximate surface area is 102 Å². The smallest absolute Gasteiger partial charge is 0.214 e. The van der Waals surface area contributed by atoms with Gasteiger partial charge < -0.3 is 9.64 Å². The van der Waals surface area contributed by atoms with Gasteiger partial charge in [-0.25, -0.2) is 4.98 Å². The minimum atomic E-state index is 0.403. The molecule has 2 rings (SSSR count). The van der Waals surface area contributed by atoms with Gasteiger partial charge in [-0.1, -0.05) is 6.07 Å². The van der Waals surface area contributed by atoms with Crippen molar-refractivity contribution in [3.8, 4) is 11.9 Å². The highest BCUT2D eigenvalue weighted by atomic mass is 16.5. The summed E-state index contributed by atoms with van der Waals surface area (Å²) in [6.07, 6.45) is 3.56. The molecule has 1 aliphatic heterocycles. The van der Waals surface area contributed by atoms with Gasteiger partial charge in [0.05, 0.1) is 6.61 Å². The quantitative estimate of drug-likeness (QED) is 0.793. The first-order chi connectivity index (χ1) is 8.29. The predicted octanol–water partition coefficient (Wildman–Crippen LogP) is 1.82. The van der Waals surface area contributed by atoms with E-state index in [1.807, 2.05) is 6.07 Å². The summed E-state index contributed by atoms with van der Waals surface area (Å²) in [5.41, 5.74) is 0.403.